The van der Waals surface area contributed by atoms with Crippen molar-refractivity contribution < 1.29 is 24.2 Å². The van der Waals surface area contributed by atoms with Crippen molar-refractivity contribution in [3.8, 4) is 0 Å². The fraction of sp³-hybridized carbons (Fsp3) is 0.629. The molecular formula is C35H54N6O5S. The lowest BCUT2D eigenvalue weighted by Gasteiger charge is -2.32. The minimum atomic E-state index is -0.974. The molecule has 0 bridgehead atoms. The summed E-state index contributed by atoms with van der Waals surface area (Å²) in [7, 11) is 0. The van der Waals surface area contributed by atoms with Crippen LogP contribution in [-0.2, 0) is 20.7 Å². The number of benzene rings is 1. The van der Waals surface area contributed by atoms with Crippen molar-refractivity contribution in [2.45, 2.75) is 126 Å². The number of alkyl carbamates (subject to hydrolysis) is 1. The van der Waals surface area contributed by atoms with Gasteiger partial charge in [-0.15, -0.1) is 0 Å². The predicted octanol–water partition coefficient (Wildman–Crippen LogP) is 4.52. The van der Waals surface area contributed by atoms with Crippen molar-refractivity contribution in [2.24, 2.45) is 11.7 Å². The zero-order valence-electron chi connectivity index (χ0n) is 28.2. The lowest BCUT2D eigenvalue weighted by molar-refractivity contribution is -0.131. The van der Waals surface area contributed by atoms with Crippen LogP contribution in [0.25, 0.3) is 0 Å². The molecule has 0 aliphatic heterocycles. The van der Waals surface area contributed by atoms with Crippen LogP contribution in [0.2, 0.25) is 0 Å². The van der Waals surface area contributed by atoms with Crippen LogP contribution in [-0.4, -0.2) is 75.1 Å². The van der Waals surface area contributed by atoms with Gasteiger partial charge in [-0.05, 0) is 77.0 Å². The van der Waals surface area contributed by atoms with E-state index in [9.17, 15) is 19.5 Å². The molecule has 1 aromatic carbocycles. The number of amides is 3. The van der Waals surface area contributed by atoms with Gasteiger partial charge in [0.2, 0.25) is 11.8 Å². The van der Waals surface area contributed by atoms with Gasteiger partial charge in [0.1, 0.15) is 17.7 Å². The second kappa shape index (κ2) is 20.2. The number of aromatic nitrogens is 2. The molecule has 0 unspecified atom stereocenters. The number of nitrogens with zero attached hydrogens (tertiary/aromatic N) is 2. The summed E-state index contributed by atoms with van der Waals surface area (Å²) in [6.07, 6.45) is 10.5. The number of nitrogens with one attached hydrogen (secondary N) is 3. The van der Waals surface area contributed by atoms with E-state index in [0.29, 0.717) is 55.5 Å². The lowest BCUT2D eigenvalue weighted by Crippen LogP contribution is -2.57. The van der Waals surface area contributed by atoms with Gasteiger partial charge in [-0.3, -0.25) is 9.59 Å². The molecule has 3 rings (SSSR count). The van der Waals surface area contributed by atoms with Crippen molar-refractivity contribution in [2.75, 3.05) is 12.3 Å². The molecule has 0 spiro atoms. The number of carbonyl (C=O) groups is 3. The maximum absolute atomic E-state index is 13.9. The van der Waals surface area contributed by atoms with Gasteiger partial charge in [-0.2, -0.15) is 0 Å². The normalized spacial score (nSPS) is 16.4. The number of unbranched alkanes of at least 4 members (excludes halogenated alkanes) is 1. The Morgan fingerprint density at radius 3 is 2.28 bits per heavy atom. The maximum atomic E-state index is 13.9. The maximum Gasteiger partial charge on any atom is 0.408 e. The summed E-state index contributed by atoms with van der Waals surface area (Å²) in [4.78, 5) is 48.9. The van der Waals surface area contributed by atoms with Crippen molar-refractivity contribution >= 4 is 29.7 Å². The van der Waals surface area contributed by atoms with E-state index in [1.165, 1.54) is 18.2 Å². The van der Waals surface area contributed by atoms with Crippen LogP contribution in [0.3, 0.4) is 0 Å². The molecule has 0 radical (unpaired) electrons. The quantitative estimate of drug-likeness (QED) is 0.0870. The summed E-state index contributed by atoms with van der Waals surface area (Å²) in [5.41, 5.74) is 5.85. The van der Waals surface area contributed by atoms with Crippen LogP contribution >= 0.6 is 11.8 Å². The predicted molar refractivity (Wildman–Crippen MR) is 185 cm³/mol. The standard InChI is InChI=1S/C35H54N6O5S/c1-35(2,3)46-34(45)41-29(24-26-15-8-5-9-16-26)32(44)39-27(17-10-11-19-36)31(43)40-28(23-25-13-6-4-7-14-25)30(42)18-22-47-33-37-20-12-21-38-33/h5,8-9,12,15-16,20-21,25,27-30,42H,4,6-7,10-11,13-14,17-19,22-24,36H2,1-3H3,(H,39,44)(H,40,43)(H,41,45)/t27-,28-,29-,30-/m0/s1. The Hall–Kier alpha value is -3.22. The molecular weight excluding hydrogens is 616 g/mol. The van der Waals surface area contributed by atoms with Crippen LogP contribution in [0.1, 0.15) is 90.5 Å². The van der Waals surface area contributed by atoms with Gasteiger partial charge in [0.25, 0.3) is 0 Å². The summed E-state index contributed by atoms with van der Waals surface area (Å²) < 4.78 is 5.44. The molecule has 11 nitrogen and oxygen atoms in total. The molecule has 1 aliphatic rings. The van der Waals surface area contributed by atoms with E-state index in [4.69, 9.17) is 10.5 Å². The van der Waals surface area contributed by atoms with Crippen LogP contribution in [0.5, 0.6) is 0 Å². The van der Waals surface area contributed by atoms with Crippen LogP contribution in [0.4, 0.5) is 4.79 Å². The zero-order chi connectivity index (χ0) is 34.1. The highest BCUT2D eigenvalue weighted by atomic mass is 32.2. The number of hydrogen-bond donors (Lipinski definition) is 5. The minimum absolute atomic E-state index is 0.217. The Labute approximate surface area is 284 Å². The van der Waals surface area contributed by atoms with E-state index in [1.807, 2.05) is 30.3 Å². The summed E-state index contributed by atoms with van der Waals surface area (Å²) in [5, 5.41) is 20.7. The van der Waals surface area contributed by atoms with E-state index < -0.39 is 41.8 Å². The molecule has 1 aromatic heterocycles. The molecule has 1 saturated carbocycles. The van der Waals surface area contributed by atoms with E-state index in [1.54, 1.807) is 39.2 Å². The second-order valence-corrected chi connectivity index (χ2v) is 14.4. The third-order valence-corrected chi connectivity index (χ3v) is 9.07. The van der Waals surface area contributed by atoms with Gasteiger partial charge in [-0.25, -0.2) is 14.8 Å². The lowest BCUT2D eigenvalue weighted by atomic mass is 9.83. The Bertz CT molecular complexity index is 1210. The number of aliphatic hydroxyl groups is 1. The molecule has 1 fully saturated rings. The molecule has 6 N–H and O–H groups in total. The fourth-order valence-electron chi connectivity index (χ4n) is 5.75. The van der Waals surface area contributed by atoms with Crippen LogP contribution in [0.15, 0.2) is 53.9 Å². The first-order valence-corrected chi connectivity index (χ1v) is 17.9. The topological polar surface area (TPSA) is 169 Å². The summed E-state index contributed by atoms with van der Waals surface area (Å²) in [6, 6.07) is 8.80. The fourth-order valence-corrected chi connectivity index (χ4v) is 6.57. The van der Waals surface area contributed by atoms with Gasteiger partial charge < -0.3 is 31.5 Å². The number of ether oxygens (including phenoxy) is 1. The number of hydrogen-bond acceptors (Lipinski definition) is 9. The monoisotopic (exact) mass is 670 g/mol. The van der Waals surface area contributed by atoms with Crippen LogP contribution < -0.4 is 21.7 Å². The molecule has 3 amide bonds. The molecule has 1 heterocycles. The first kappa shape index (κ1) is 38.2. The van der Waals surface area contributed by atoms with Crippen molar-refractivity contribution in [3.63, 3.8) is 0 Å². The second-order valence-electron chi connectivity index (χ2n) is 13.3. The molecule has 1 aliphatic carbocycles. The third-order valence-electron chi connectivity index (χ3n) is 8.16. The largest absolute Gasteiger partial charge is 0.444 e. The molecule has 2 aromatic rings. The minimum Gasteiger partial charge on any atom is -0.444 e. The van der Waals surface area contributed by atoms with Crippen molar-refractivity contribution in [1.82, 2.24) is 25.9 Å². The molecule has 4 atom stereocenters. The van der Waals surface area contributed by atoms with Gasteiger partial charge >= 0.3 is 6.09 Å². The molecule has 12 heteroatoms. The highest BCUT2D eigenvalue weighted by molar-refractivity contribution is 7.99. The summed E-state index contributed by atoms with van der Waals surface area (Å²) in [5.74, 6) is 0.157. The van der Waals surface area contributed by atoms with Gasteiger partial charge in [-0.1, -0.05) is 74.2 Å². The smallest absolute Gasteiger partial charge is 0.408 e. The third kappa shape index (κ3) is 15.0. The summed E-state index contributed by atoms with van der Waals surface area (Å²) in [6.45, 7) is 5.72. The SMILES string of the molecule is CC(C)(C)OC(=O)N[C@@H](Cc1ccccc1)C(=O)N[C@@H](CCCCN)C(=O)N[C@@H](CC1CCCCC1)[C@@H](O)CCSc1ncccn1. The van der Waals surface area contributed by atoms with Crippen LogP contribution in [0, 0.1) is 5.92 Å². The average Bonchev–Trinajstić information content (AvgIpc) is 3.04. The van der Waals surface area contributed by atoms with E-state index in [0.717, 1.165) is 31.2 Å². The number of rotatable bonds is 18. The van der Waals surface area contributed by atoms with Crippen molar-refractivity contribution in [3.05, 3.63) is 54.4 Å². The van der Waals surface area contributed by atoms with Gasteiger partial charge in [0.05, 0.1) is 12.1 Å². The van der Waals surface area contributed by atoms with E-state index >= 15 is 0 Å². The van der Waals surface area contributed by atoms with Crippen molar-refractivity contribution in [1.29, 1.82) is 0 Å². The van der Waals surface area contributed by atoms with Gasteiger partial charge in [0, 0.05) is 24.6 Å². The number of aliphatic hydroxyl groups excluding tert-OH is 1. The van der Waals surface area contributed by atoms with E-state index in [2.05, 4.69) is 25.9 Å². The highest BCUT2D eigenvalue weighted by Crippen LogP contribution is 2.29. The Balaban J connectivity index is 1.74. The number of nitrogens with two attached hydrogens (primary N) is 1. The Morgan fingerprint density at radius 1 is 0.936 bits per heavy atom. The first-order valence-electron chi connectivity index (χ1n) is 17.0. The molecule has 260 valence electrons. The van der Waals surface area contributed by atoms with E-state index in [-0.39, 0.29) is 12.3 Å². The zero-order valence-corrected chi connectivity index (χ0v) is 29.0. The Kier molecular flexibility index (Phi) is 16.4. The number of carbonyl (C=O) groups excluding carboxylic acids is 3. The molecule has 47 heavy (non-hydrogen) atoms. The molecule has 0 saturated heterocycles. The number of thioether (sulfide) groups is 1. The Morgan fingerprint density at radius 2 is 1.62 bits per heavy atom. The highest BCUT2D eigenvalue weighted by Gasteiger charge is 2.32. The van der Waals surface area contributed by atoms with Gasteiger partial charge in [0.15, 0.2) is 5.16 Å². The summed E-state index contributed by atoms with van der Waals surface area (Å²) >= 11 is 1.46. The average molecular weight is 671 g/mol. The first-order chi connectivity index (χ1) is 22.5.